The molecule has 5 nitrogen and oxygen atoms in total. The van der Waals surface area contributed by atoms with Gasteiger partial charge < -0.3 is 10.5 Å². The van der Waals surface area contributed by atoms with Gasteiger partial charge in [-0.3, -0.25) is 0 Å². The van der Waals surface area contributed by atoms with E-state index in [4.69, 9.17) is 10.5 Å². The van der Waals surface area contributed by atoms with Gasteiger partial charge in [-0.15, -0.1) is 0 Å². The summed E-state index contributed by atoms with van der Waals surface area (Å²) in [6.07, 6.45) is 0. The van der Waals surface area contributed by atoms with Crippen LogP contribution in [0.15, 0.2) is 23.1 Å². The summed E-state index contributed by atoms with van der Waals surface area (Å²) in [6, 6.07) is 4.89. The smallest absolute Gasteiger partial charge is 0.244 e. The first-order valence-corrected chi connectivity index (χ1v) is 7.09. The van der Waals surface area contributed by atoms with Crippen molar-refractivity contribution in [1.29, 1.82) is 0 Å². The summed E-state index contributed by atoms with van der Waals surface area (Å²) in [7, 11) is -2.19. The lowest BCUT2D eigenvalue weighted by atomic mass is 10.1. The van der Waals surface area contributed by atoms with E-state index in [1.165, 1.54) is 13.2 Å². The van der Waals surface area contributed by atoms with Crippen molar-refractivity contribution in [2.45, 2.75) is 37.8 Å². The number of rotatable bonds is 4. The van der Waals surface area contributed by atoms with Crippen LogP contribution in [0.1, 0.15) is 26.3 Å². The number of methoxy groups -OCH3 is 1. The number of ether oxygens (including phenoxy) is 1. The zero-order valence-electron chi connectivity index (χ0n) is 11.1. The van der Waals surface area contributed by atoms with Gasteiger partial charge in [-0.1, -0.05) is 6.07 Å². The van der Waals surface area contributed by atoms with E-state index in [0.717, 1.165) is 5.56 Å². The van der Waals surface area contributed by atoms with E-state index in [-0.39, 0.29) is 11.4 Å². The summed E-state index contributed by atoms with van der Waals surface area (Å²) in [5, 5.41) is 0. The van der Waals surface area contributed by atoms with Gasteiger partial charge in [0.25, 0.3) is 0 Å². The Morgan fingerprint density at radius 2 is 1.94 bits per heavy atom. The van der Waals surface area contributed by atoms with Crippen molar-refractivity contribution in [3.05, 3.63) is 23.8 Å². The summed E-state index contributed by atoms with van der Waals surface area (Å²) < 4.78 is 32.2. The molecule has 1 rings (SSSR count). The van der Waals surface area contributed by atoms with Gasteiger partial charge in [0.15, 0.2) is 0 Å². The van der Waals surface area contributed by atoms with Crippen LogP contribution in [0.5, 0.6) is 5.75 Å². The minimum atomic E-state index is -3.62. The lowest BCUT2D eigenvalue weighted by Gasteiger charge is -2.21. The molecule has 0 saturated heterocycles. The van der Waals surface area contributed by atoms with E-state index < -0.39 is 15.6 Å². The van der Waals surface area contributed by atoms with Crippen molar-refractivity contribution in [1.82, 2.24) is 4.72 Å². The number of benzene rings is 1. The Balaban J connectivity index is 3.29. The molecular formula is C12H20N2O3S. The standard InChI is InChI=1S/C12H20N2O3S/c1-12(2,3)14-18(15,16)11-7-9(8-13)5-6-10(11)17-4/h5-7,14H,8,13H2,1-4H3. The lowest BCUT2D eigenvalue weighted by molar-refractivity contribution is 0.400. The lowest BCUT2D eigenvalue weighted by Crippen LogP contribution is -2.40. The summed E-state index contributed by atoms with van der Waals surface area (Å²) in [5.74, 6) is 0.309. The Labute approximate surface area is 108 Å². The highest BCUT2D eigenvalue weighted by molar-refractivity contribution is 7.89. The van der Waals surface area contributed by atoms with Crippen LogP contribution >= 0.6 is 0 Å². The molecule has 0 bridgehead atoms. The minimum absolute atomic E-state index is 0.114. The van der Waals surface area contributed by atoms with Gasteiger partial charge in [0.1, 0.15) is 10.6 Å². The Morgan fingerprint density at radius 1 is 1.33 bits per heavy atom. The van der Waals surface area contributed by atoms with Crippen molar-refractivity contribution < 1.29 is 13.2 Å². The molecule has 0 radical (unpaired) electrons. The molecule has 0 amide bonds. The highest BCUT2D eigenvalue weighted by atomic mass is 32.2. The fourth-order valence-corrected chi connectivity index (χ4v) is 3.16. The normalized spacial score (nSPS) is 12.5. The van der Waals surface area contributed by atoms with Crippen LogP contribution in [0.25, 0.3) is 0 Å². The fraction of sp³-hybridized carbons (Fsp3) is 0.500. The molecule has 0 heterocycles. The van der Waals surface area contributed by atoms with E-state index in [2.05, 4.69) is 4.72 Å². The van der Waals surface area contributed by atoms with Crippen molar-refractivity contribution in [3.63, 3.8) is 0 Å². The van der Waals surface area contributed by atoms with Crippen LogP contribution in [0.2, 0.25) is 0 Å². The first kappa shape index (κ1) is 14.9. The van der Waals surface area contributed by atoms with E-state index in [1.54, 1.807) is 32.9 Å². The van der Waals surface area contributed by atoms with Gasteiger partial charge in [-0.05, 0) is 38.5 Å². The zero-order chi connectivity index (χ0) is 14.0. The minimum Gasteiger partial charge on any atom is -0.495 e. The molecule has 0 aliphatic heterocycles. The second kappa shape index (κ2) is 5.26. The molecule has 0 fully saturated rings. The second-order valence-corrected chi connectivity index (χ2v) is 6.70. The quantitative estimate of drug-likeness (QED) is 0.863. The number of sulfonamides is 1. The Kier molecular flexibility index (Phi) is 4.37. The van der Waals surface area contributed by atoms with Crippen LogP contribution in [0.4, 0.5) is 0 Å². The molecule has 3 N–H and O–H groups in total. The van der Waals surface area contributed by atoms with Crippen molar-refractivity contribution in [2.75, 3.05) is 7.11 Å². The van der Waals surface area contributed by atoms with Gasteiger partial charge >= 0.3 is 0 Å². The molecule has 1 aromatic carbocycles. The van der Waals surface area contributed by atoms with Gasteiger partial charge in [0.05, 0.1) is 7.11 Å². The Morgan fingerprint density at radius 3 is 2.39 bits per heavy atom. The maximum Gasteiger partial charge on any atom is 0.244 e. The van der Waals surface area contributed by atoms with Gasteiger partial charge in [-0.25, -0.2) is 13.1 Å². The predicted molar refractivity (Wildman–Crippen MR) is 71.0 cm³/mol. The van der Waals surface area contributed by atoms with Gasteiger partial charge in [0.2, 0.25) is 10.0 Å². The van der Waals surface area contributed by atoms with Gasteiger partial charge in [0, 0.05) is 12.1 Å². The molecule has 0 aliphatic carbocycles. The summed E-state index contributed by atoms with van der Waals surface area (Å²) >= 11 is 0. The van der Waals surface area contributed by atoms with Crippen LogP contribution in [0.3, 0.4) is 0 Å². The Hall–Kier alpha value is -1.11. The van der Waals surface area contributed by atoms with Crippen LogP contribution in [-0.4, -0.2) is 21.1 Å². The number of nitrogens with one attached hydrogen (secondary N) is 1. The topological polar surface area (TPSA) is 81.4 Å². The second-order valence-electron chi connectivity index (χ2n) is 5.04. The largest absolute Gasteiger partial charge is 0.495 e. The van der Waals surface area contributed by atoms with Gasteiger partial charge in [-0.2, -0.15) is 0 Å². The molecule has 18 heavy (non-hydrogen) atoms. The number of hydrogen-bond donors (Lipinski definition) is 2. The molecule has 0 unspecified atom stereocenters. The van der Waals surface area contributed by atoms with E-state index in [0.29, 0.717) is 5.75 Å². The molecule has 0 saturated carbocycles. The third kappa shape index (κ3) is 3.69. The average molecular weight is 272 g/mol. The van der Waals surface area contributed by atoms with E-state index in [9.17, 15) is 8.42 Å². The van der Waals surface area contributed by atoms with Crippen molar-refractivity contribution >= 4 is 10.0 Å². The fourth-order valence-electron chi connectivity index (χ4n) is 1.52. The third-order valence-electron chi connectivity index (χ3n) is 2.19. The first-order chi connectivity index (χ1) is 8.19. The molecule has 6 heteroatoms. The molecule has 0 aliphatic rings. The monoisotopic (exact) mass is 272 g/mol. The number of nitrogens with two attached hydrogens (primary N) is 1. The Bertz CT molecular complexity index is 519. The van der Waals surface area contributed by atoms with E-state index >= 15 is 0 Å². The predicted octanol–water partition coefficient (Wildman–Crippen LogP) is 1.23. The molecule has 0 spiro atoms. The van der Waals surface area contributed by atoms with Crippen LogP contribution in [-0.2, 0) is 16.6 Å². The van der Waals surface area contributed by atoms with E-state index in [1.807, 2.05) is 0 Å². The van der Waals surface area contributed by atoms with Crippen molar-refractivity contribution in [2.24, 2.45) is 5.73 Å². The highest BCUT2D eigenvalue weighted by Gasteiger charge is 2.25. The average Bonchev–Trinajstić information content (AvgIpc) is 2.25. The maximum atomic E-state index is 12.3. The molecule has 1 aromatic rings. The zero-order valence-corrected chi connectivity index (χ0v) is 12.0. The molecule has 0 aromatic heterocycles. The highest BCUT2D eigenvalue weighted by Crippen LogP contribution is 2.25. The summed E-state index contributed by atoms with van der Waals surface area (Å²) in [6.45, 7) is 5.62. The van der Waals surface area contributed by atoms with Crippen molar-refractivity contribution in [3.8, 4) is 5.75 Å². The van der Waals surface area contributed by atoms with Crippen LogP contribution < -0.4 is 15.2 Å². The molecule has 0 atom stereocenters. The van der Waals surface area contributed by atoms with Crippen LogP contribution in [0, 0.1) is 0 Å². The first-order valence-electron chi connectivity index (χ1n) is 5.60. The summed E-state index contributed by atoms with van der Waals surface area (Å²) in [5.41, 5.74) is 5.71. The maximum absolute atomic E-state index is 12.3. The number of hydrogen-bond acceptors (Lipinski definition) is 4. The SMILES string of the molecule is COc1ccc(CN)cc1S(=O)(=O)NC(C)(C)C. The summed E-state index contributed by atoms with van der Waals surface area (Å²) in [4.78, 5) is 0.114. The molecular weight excluding hydrogens is 252 g/mol. The third-order valence-corrected chi connectivity index (χ3v) is 3.97. The molecule has 102 valence electrons.